The lowest BCUT2D eigenvalue weighted by Crippen LogP contribution is -2.53. The van der Waals surface area contributed by atoms with Crippen LogP contribution in [0.5, 0.6) is 0 Å². The standard InChI is InChI=1S/C19H30N4O2S/c1-14-4-3-5-15(12-14)13-23-9-6-16(7-10-23)21-18(24)17(8-11-26-2)22-19(20)25/h3-5,12,16-17H,6-11,13H2,1-2H3,(H,21,24)(H3,20,22,25). The summed E-state index contributed by atoms with van der Waals surface area (Å²) in [4.78, 5) is 26.0. The molecule has 2 rings (SSSR count). The lowest BCUT2D eigenvalue weighted by molar-refractivity contribution is -0.124. The molecule has 1 aliphatic rings. The number of aryl methyl sites for hydroxylation is 1. The minimum atomic E-state index is -0.653. The summed E-state index contributed by atoms with van der Waals surface area (Å²) in [5.41, 5.74) is 7.80. The molecule has 144 valence electrons. The normalized spacial score (nSPS) is 16.8. The van der Waals surface area contributed by atoms with Gasteiger partial charge in [0, 0.05) is 25.7 Å². The number of hydrogen-bond acceptors (Lipinski definition) is 4. The highest BCUT2D eigenvalue weighted by Gasteiger charge is 2.25. The zero-order valence-electron chi connectivity index (χ0n) is 15.7. The third-order valence-corrected chi connectivity index (χ3v) is 5.31. The Kier molecular flexibility index (Phi) is 8.25. The predicted octanol–water partition coefficient (Wildman–Crippen LogP) is 1.87. The molecule has 0 aromatic heterocycles. The molecule has 26 heavy (non-hydrogen) atoms. The van der Waals surface area contributed by atoms with E-state index in [0.717, 1.165) is 38.2 Å². The van der Waals surface area contributed by atoms with Crippen LogP contribution in [0.15, 0.2) is 24.3 Å². The van der Waals surface area contributed by atoms with Gasteiger partial charge >= 0.3 is 6.03 Å². The summed E-state index contributed by atoms with van der Waals surface area (Å²) in [6.07, 6.45) is 4.40. The Morgan fingerprint density at radius 3 is 2.69 bits per heavy atom. The van der Waals surface area contributed by atoms with E-state index in [1.54, 1.807) is 11.8 Å². The molecule has 0 radical (unpaired) electrons. The van der Waals surface area contributed by atoms with Crippen LogP contribution >= 0.6 is 11.8 Å². The molecule has 6 nitrogen and oxygen atoms in total. The first kappa shape index (κ1) is 20.6. The molecule has 1 saturated heterocycles. The van der Waals surface area contributed by atoms with E-state index in [2.05, 4.69) is 46.7 Å². The zero-order chi connectivity index (χ0) is 18.9. The third kappa shape index (κ3) is 6.88. The number of nitrogens with two attached hydrogens (primary N) is 1. The number of carbonyl (C=O) groups excluding carboxylic acids is 2. The van der Waals surface area contributed by atoms with Crippen LogP contribution in [0.25, 0.3) is 0 Å². The Labute approximate surface area is 160 Å². The van der Waals surface area contributed by atoms with Crippen LogP contribution in [0.1, 0.15) is 30.4 Å². The Balaban J connectivity index is 1.79. The van der Waals surface area contributed by atoms with Crippen LogP contribution < -0.4 is 16.4 Å². The van der Waals surface area contributed by atoms with Gasteiger partial charge in [-0.05, 0) is 43.8 Å². The van der Waals surface area contributed by atoms with Crippen LogP contribution in [0.2, 0.25) is 0 Å². The SMILES string of the molecule is CSCCC(NC(N)=O)C(=O)NC1CCN(Cc2cccc(C)c2)CC1. The number of rotatable bonds is 8. The number of hydrogen-bond donors (Lipinski definition) is 3. The maximum Gasteiger partial charge on any atom is 0.312 e. The molecular weight excluding hydrogens is 348 g/mol. The van der Waals surface area contributed by atoms with Crippen molar-refractivity contribution >= 4 is 23.7 Å². The van der Waals surface area contributed by atoms with Crippen molar-refractivity contribution in [3.8, 4) is 0 Å². The molecule has 1 unspecified atom stereocenters. The van der Waals surface area contributed by atoms with Gasteiger partial charge in [-0.25, -0.2) is 4.79 Å². The van der Waals surface area contributed by atoms with Crippen LogP contribution in [-0.2, 0) is 11.3 Å². The van der Waals surface area contributed by atoms with Crippen molar-refractivity contribution in [2.24, 2.45) is 5.73 Å². The molecule has 1 aliphatic heterocycles. The van der Waals surface area contributed by atoms with E-state index in [1.807, 2.05) is 6.26 Å². The summed E-state index contributed by atoms with van der Waals surface area (Å²) in [5, 5.41) is 5.64. The molecule has 1 aromatic rings. The number of nitrogens with zero attached hydrogens (tertiary/aromatic N) is 1. The molecular formula is C19H30N4O2S. The number of likely N-dealkylation sites (tertiary alicyclic amines) is 1. The summed E-state index contributed by atoms with van der Waals surface area (Å²) in [6, 6.07) is 7.54. The van der Waals surface area contributed by atoms with E-state index in [9.17, 15) is 9.59 Å². The van der Waals surface area contributed by atoms with Gasteiger partial charge in [-0.3, -0.25) is 9.69 Å². The summed E-state index contributed by atoms with van der Waals surface area (Å²) in [5.74, 6) is 0.669. The largest absolute Gasteiger partial charge is 0.352 e. The van der Waals surface area contributed by atoms with Crippen molar-refractivity contribution in [2.45, 2.75) is 44.8 Å². The fraction of sp³-hybridized carbons (Fsp3) is 0.579. The molecule has 1 heterocycles. The van der Waals surface area contributed by atoms with Crippen LogP contribution in [-0.4, -0.2) is 54.0 Å². The Bertz CT molecular complexity index is 603. The molecule has 1 atom stereocenters. The first-order chi connectivity index (χ1) is 12.5. The Morgan fingerprint density at radius 1 is 1.35 bits per heavy atom. The Hall–Kier alpha value is -1.73. The van der Waals surface area contributed by atoms with E-state index >= 15 is 0 Å². The van der Waals surface area contributed by atoms with Crippen molar-refractivity contribution in [3.05, 3.63) is 35.4 Å². The van der Waals surface area contributed by atoms with Gasteiger partial charge in [0.2, 0.25) is 5.91 Å². The highest BCUT2D eigenvalue weighted by molar-refractivity contribution is 7.98. The van der Waals surface area contributed by atoms with Gasteiger partial charge in [0.25, 0.3) is 0 Å². The first-order valence-corrected chi connectivity index (χ1v) is 10.5. The fourth-order valence-corrected chi connectivity index (χ4v) is 3.75. The van der Waals surface area contributed by atoms with Crippen LogP contribution in [0.4, 0.5) is 4.79 Å². The molecule has 0 spiro atoms. The second kappa shape index (κ2) is 10.4. The van der Waals surface area contributed by atoms with Gasteiger partial charge in [0.05, 0.1) is 0 Å². The van der Waals surface area contributed by atoms with Gasteiger partial charge in [-0.1, -0.05) is 29.8 Å². The van der Waals surface area contributed by atoms with E-state index in [-0.39, 0.29) is 11.9 Å². The zero-order valence-corrected chi connectivity index (χ0v) is 16.5. The van der Waals surface area contributed by atoms with Gasteiger partial charge in [0.15, 0.2) is 0 Å². The average molecular weight is 379 g/mol. The number of primary amides is 1. The minimum absolute atomic E-state index is 0.130. The summed E-state index contributed by atoms with van der Waals surface area (Å²) in [7, 11) is 0. The molecule has 1 aromatic carbocycles. The van der Waals surface area contributed by atoms with Crippen molar-refractivity contribution in [1.82, 2.24) is 15.5 Å². The number of benzene rings is 1. The number of amides is 3. The minimum Gasteiger partial charge on any atom is -0.352 e. The van der Waals surface area contributed by atoms with Crippen molar-refractivity contribution in [1.29, 1.82) is 0 Å². The Morgan fingerprint density at radius 2 is 2.08 bits per heavy atom. The number of piperidine rings is 1. The first-order valence-electron chi connectivity index (χ1n) is 9.11. The van der Waals surface area contributed by atoms with Crippen LogP contribution in [0.3, 0.4) is 0 Å². The molecule has 1 fully saturated rings. The van der Waals surface area contributed by atoms with Gasteiger partial charge in [-0.2, -0.15) is 11.8 Å². The monoisotopic (exact) mass is 378 g/mol. The number of urea groups is 1. The van der Waals surface area contributed by atoms with E-state index in [4.69, 9.17) is 5.73 Å². The van der Waals surface area contributed by atoms with Crippen molar-refractivity contribution in [3.63, 3.8) is 0 Å². The molecule has 0 bridgehead atoms. The van der Waals surface area contributed by atoms with E-state index in [1.165, 1.54) is 11.1 Å². The van der Waals surface area contributed by atoms with Crippen LogP contribution in [0, 0.1) is 6.92 Å². The number of nitrogens with one attached hydrogen (secondary N) is 2. The lowest BCUT2D eigenvalue weighted by Gasteiger charge is -2.33. The third-order valence-electron chi connectivity index (χ3n) is 4.67. The summed E-state index contributed by atoms with van der Waals surface area (Å²) in [6.45, 7) is 4.97. The molecule has 3 amide bonds. The highest BCUT2D eigenvalue weighted by atomic mass is 32.2. The second-order valence-electron chi connectivity index (χ2n) is 6.89. The lowest BCUT2D eigenvalue weighted by atomic mass is 10.0. The van der Waals surface area contributed by atoms with E-state index in [0.29, 0.717) is 6.42 Å². The second-order valence-corrected chi connectivity index (χ2v) is 7.88. The van der Waals surface area contributed by atoms with Gasteiger partial charge < -0.3 is 16.4 Å². The quantitative estimate of drug-likeness (QED) is 0.644. The molecule has 4 N–H and O–H groups in total. The van der Waals surface area contributed by atoms with Crippen molar-refractivity contribution in [2.75, 3.05) is 25.1 Å². The molecule has 0 saturated carbocycles. The van der Waals surface area contributed by atoms with Gasteiger partial charge in [0.1, 0.15) is 6.04 Å². The fourth-order valence-electron chi connectivity index (χ4n) is 3.28. The predicted molar refractivity (Wildman–Crippen MR) is 107 cm³/mol. The average Bonchev–Trinajstić information content (AvgIpc) is 2.60. The smallest absolute Gasteiger partial charge is 0.312 e. The van der Waals surface area contributed by atoms with Crippen molar-refractivity contribution < 1.29 is 9.59 Å². The highest BCUT2D eigenvalue weighted by Crippen LogP contribution is 2.15. The number of thioether (sulfide) groups is 1. The molecule has 0 aliphatic carbocycles. The maximum absolute atomic E-state index is 12.5. The maximum atomic E-state index is 12.5. The summed E-state index contributed by atoms with van der Waals surface area (Å²) >= 11 is 1.64. The number of carbonyl (C=O) groups is 2. The topological polar surface area (TPSA) is 87.5 Å². The van der Waals surface area contributed by atoms with Gasteiger partial charge in [-0.15, -0.1) is 0 Å². The summed E-state index contributed by atoms with van der Waals surface area (Å²) < 4.78 is 0. The van der Waals surface area contributed by atoms with E-state index < -0.39 is 12.1 Å². The molecule has 7 heteroatoms.